The Morgan fingerprint density at radius 3 is 2.44 bits per heavy atom. The first kappa shape index (κ1) is 13.8. The van der Waals surface area contributed by atoms with E-state index in [1.807, 2.05) is 12.1 Å². The van der Waals surface area contributed by atoms with E-state index in [4.69, 9.17) is 9.84 Å². The van der Waals surface area contributed by atoms with E-state index in [1.165, 1.54) is 7.05 Å². The molecule has 0 radical (unpaired) electrons. The van der Waals surface area contributed by atoms with Gasteiger partial charge >= 0.3 is 12.0 Å². The molecule has 0 atom stereocenters. The van der Waals surface area contributed by atoms with Crippen molar-refractivity contribution in [3.63, 3.8) is 0 Å². The van der Waals surface area contributed by atoms with Gasteiger partial charge < -0.3 is 20.1 Å². The number of aliphatic carboxylic acids is 1. The van der Waals surface area contributed by atoms with Crippen LogP contribution in [-0.4, -0.2) is 42.7 Å². The molecule has 1 rings (SSSR count). The van der Waals surface area contributed by atoms with Crippen molar-refractivity contribution in [3.05, 3.63) is 29.8 Å². The molecular weight excluding hydrogens is 236 g/mol. The molecule has 0 aliphatic heterocycles. The molecule has 0 saturated heterocycles. The maximum Gasteiger partial charge on any atom is 0.323 e. The van der Waals surface area contributed by atoms with E-state index in [0.717, 1.165) is 16.2 Å². The second kappa shape index (κ2) is 6.48. The maximum absolute atomic E-state index is 11.5. The van der Waals surface area contributed by atoms with Crippen LogP contribution in [-0.2, 0) is 11.3 Å². The van der Waals surface area contributed by atoms with Gasteiger partial charge in [-0.3, -0.25) is 4.79 Å². The van der Waals surface area contributed by atoms with Gasteiger partial charge in [-0.1, -0.05) is 12.1 Å². The van der Waals surface area contributed by atoms with Crippen molar-refractivity contribution < 1.29 is 19.4 Å². The van der Waals surface area contributed by atoms with Crippen LogP contribution in [0, 0.1) is 0 Å². The Morgan fingerprint density at radius 2 is 1.94 bits per heavy atom. The molecule has 0 heterocycles. The molecule has 1 aromatic carbocycles. The number of carbonyl (C=O) groups excluding carboxylic acids is 1. The van der Waals surface area contributed by atoms with Gasteiger partial charge in [-0.2, -0.15) is 0 Å². The van der Waals surface area contributed by atoms with Crippen LogP contribution in [0.5, 0.6) is 5.75 Å². The second-order valence-corrected chi connectivity index (χ2v) is 3.76. The van der Waals surface area contributed by atoms with Gasteiger partial charge in [0, 0.05) is 13.6 Å². The molecule has 6 heteroatoms. The number of methoxy groups -OCH3 is 1. The van der Waals surface area contributed by atoms with E-state index in [9.17, 15) is 9.59 Å². The molecule has 1 aromatic rings. The number of urea groups is 1. The van der Waals surface area contributed by atoms with E-state index in [-0.39, 0.29) is 6.54 Å². The highest BCUT2D eigenvalue weighted by Gasteiger charge is 2.10. The van der Waals surface area contributed by atoms with Crippen molar-refractivity contribution in [2.24, 2.45) is 0 Å². The van der Waals surface area contributed by atoms with Gasteiger partial charge in [0.2, 0.25) is 0 Å². The smallest absolute Gasteiger partial charge is 0.323 e. The lowest BCUT2D eigenvalue weighted by molar-refractivity contribution is -0.137. The van der Waals surface area contributed by atoms with E-state index >= 15 is 0 Å². The zero-order valence-electron chi connectivity index (χ0n) is 10.3. The maximum atomic E-state index is 11.5. The minimum absolute atomic E-state index is 0.325. The number of hydrogen-bond acceptors (Lipinski definition) is 3. The topological polar surface area (TPSA) is 78.9 Å². The lowest BCUT2D eigenvalue weighted by Crippen LogP contribution is -2.39. The number of nitrogens with zero attached hydrogens (tertiary/aromatic N) is 1. The standard InChI is InChI=1S/C12H16N2O4/c1-14(8-11(15)16)12(17)13-7-9-3-5-10(18-2)6-4-9/h3-6H,7-8H2,1-2H3,(H,13,17)(H,15,16). The number of amides is 2. The largest absolute Gasteiger partial charge is 0.497 e. The van der Waals surface area contributed by atoms with Crippen molar-refractivity contribution in [1.82, 2.24) is 10.2 Å². The molecule has 0 aliphatic carbocycles. The number of ether oxygens (including phenoxy) is 1. The number of rotatable bonds is 5. The van der Waals surface area contributed by atoms with Crippen molar-refractivity contribution in [1.29, 1.82) is 0 Å². The Hall–Kier alpha value is -2.24. The van der Waals surface area contributed by atoms with E-state index in [2.05, 4.69) is 5.32 Å². The van der Waals surface area contributed by atoms with Gasteiger partial charge in [0.05, 0.1) is 7.11 Å². The van der Waals surface area contributed by atoms with Crippen LogP contribution in [0.1, 0.15) is 5.56 Å². The number of nitrogens with one attached hydrogen (secondary N) is 1. The fraction of sp³-hybridized carbons (Fsp3) is 0.333. The second-order valence-electron chi connectivity index (χ2n) is 3.76. The molecule has 18 heavy (non-hydrogen) atoms. The van der Waals surface area contributed by atoms with Crippen molar-refractivity contribution >= 4 is 12.0 Å². The molecule has 2 amide bonds. The zero-order valence-corrected chi connectivity index (χ0v) is 10.3. The van der Waals surface area contributed by atoms with E-state index < -0.39 is 12.0 Å². The van der Waals surface area contributed by atoms with Crippen LogP contribution in [0.2, 0.25) is 0 Å². The van der Waals surface area contributed by atoms with Crippen LogP contribution in [0.4, 0.5) is 4.79 Å². The van der Waals surface area contributed by atoms with Gasteiger partial charge in [-0.15, -0.1) is 0 Å². The predicted octanol–water partition coefficient (Wildman–Crippen LogP) is 0.921. The first-order valence-corrected chi connectivity index (χ1v) is 5.36. The molecule has 0 aromatic heterocycles. The number of carbonyl (C=O) groups is 2. The zero-order chi connectivity index (χ0) is 13.5. The lowest BCUT2D eigenvalue weighted by Gasteiger charge is -2.15. The summed E-state index contributed by atoms with van der Waals surface area (Å²) in [5, 5.41) is 11.2. The highest BCUT2D eigenvalue weighted by molar-refractivity contribution is 5.79. The minimum atomic E-state index is -1.04. The number of carboxylic acid groups (broad SMARTS) is 1. The van der Waals surface area contributed by atoms with Gasteiger partial charge in [-0.25, -0.2) is 4.79 Å². The Bertz CT molecular complexity index is 417. The summed E-state index contributed by atoms with van der Waals surface area (Å²) in [5.41, 5.74) is 0.910. The van der Waals surface area contributed by atoms with Crippen LogP contribution in [0.3, 0.4) is 0 Å². The lowest BCUT2D eigenvalue weighted by atomic mass is 10.2. The highest BCUT2D eigenvalue weighted by Crippen LogP contribution is 2.10. The Labute approximate surface area is 105 Å². The summed E-state index contributed by atoms with van der Waals surface area (Å²) in [6.07, 6.45) is 0. The van der Waals surface area contributed by atoms with Gasteiger partial charge in [0.25, 0.3) is 0 Å². The fourth-order valence-corrected chi connectivity index (χ4v) is 1.33. The SMILES string of the molecule is COc1ccc(CNC(=O)N(C)CC(=O)O)cc1. The van der Waals surface area contributed by atoms with Crippen molar-refractivity contribution in [3.8, 4) is 5.75 Å². The van der Waals surface area contributed by atoms with Crippen LogP contribution in [0.25, 0.3) is 0 Å². The van der Waals surface area contributed by atoms with Gasteiger partial charge in [0.1, 0.15) is 12.3 Å². The third-order valence-electron chi connectivity index (χ3n) is 2.32. The Kier molecular flexibility index (Phi) is 4.98. The van der Waals surface area contributed by atoms with Gasteiger partial charge in [-0.05, 0) is 17.7 Å². The molecule has 0 aliphatic rings. The molecule has 0 spiro atoms. The molecule has 0 fully saturated rings. The predicted molar refractivity (Wildman–Crippen MR) is 65.5 cm³/mol. The third kappa shape index (κ3) is 4.32. The van der Waals surface area contributed by atoms with Crippen LogP contribution < -0.4 is 10.1 Å². The molecule has 6 nitrogen and oxygen atoms in total. The average molecular weight is 252 g/mol. The summed E-state index contributed by atoms with van der Waals surface area (Å²) in [4.78, 5) is 23.0. The summed E-state index contributed by atoms with van der Waals surface area (Å²) in [6, 6.07) is 6.82. The van der Waals surface area contributed by atoms with Crippen molar-refractivity contribution in [2.45, 2.75) is 6.54 Å². The number of carboxylic acids is 1. The molecule has 0 unspecified atom stereocenters. The quantitative estimate of drug-likeness (QED) is 0.816. The molecule has 2 N–H and O–H groups in total. The number of likely N-dealkylation sites (N-methyl/N-ethyl adjacent to an activating group) is 1. The summed E-state index contributed by atoms with van der Waals surface area (Å²) < 4.78 is 5.02. The first-order chi connectivity index (χ1) is 8.52. The molecule has 98 valence electrons. The van der Waals surface area contributed by atoms with E-state index in [1.54, 1.807) is 19.2 Å². The first-order valence-electron chi connectivity index (χ1n) is 5.36. The Morgan fingerprint density at radius 1 is 1.33 bits per heavy atom. The van der Waals surface area contributed by atoms with Gasteiger partial charge in [0.15, 0.2) is 0 Å². The minimum Gasteiger partial charge on any atom is -0.497 e. The Balaban J connectivity index is 2.44. The fourth-order valence-electron chi connectivity index (χ4n) is 1.33. The highest BCUT2D eigenvalue weighted by atomic mass is 16.5. The summed E-state index contributed by atoms with van der Waals surface area (Å²) in [7, 11) is 3.01. The molecule has 0 saturated carbocycles. The third-order valence-corrected chi connectivity index (χ3v) is 2.32. The van der Waals surface area contributed by atoms with E-state index in [0.29, 0.717) is 6.54 Å². The normalized spacial score (nSPS) is 9.67. The molecular formula is C12H16N2O4. The number of benzene rings is 1. The summed E-state index contributed by atoms with van der Waals surface area (Å²) in [6.45, 7) is 0.0151. The van der Waals surface area contributed by atoms with Crippen LogP contribution >= 0.6 is 0 Å². The molecule has 0 bridgehead atoms. The average Bonchev–Trinajstić information content (AvgIpc) is 2.35. The summed E-state index contributed by atoms with van der Waals surface area (Å²) in [5.74, 6) is -0.301. The monoisotopic (exact) mass is 252 g/mol. The van der Waals surface area contributed by atoms with Crippen molar-refractivity contribution in [2.75, 3.05) is 20.7 Å². The summed E-state index contributed by atoms with van der Waals surface area (Å²) >= 11 is 0. The number of hydrogen-bond donors (Lipinski definition) is 2. The van der Waals surface area contributed by atoms with Crippen LogP contribution in [0.15, 0.2) is 24.3 Å².